The summed E-state index contributed by atoms with van der Waals surface area (Å²) in [5, 5.41) is 9.77. The molecule has 0 aliphatic heterocycles. The smallest absolute Gasteiger partial charge is 0.162 e. The fraction of sp³-hybridized carbons (Fsp3) is 0.538. The number of aliphatic hydroxyl groups is 1. The molecule has 1 aliphatic rings. The molecule has 0 heterocycles. The Bertz CT molecular complexity index is 365. The molecule has 2 rings (SSSR count). The minimum Gasteiger partial charge on any atom is -0.393 e. The van der Waals surface area contributed by atoms with E-state index in [4.69, 9.17) is 0 Å². The summed E-state index contributed by atoms with van der Waals surface area (Å²) in [7, 11) is 0. The first kappa shape index (κ1) is 11.5. The molecule has 0 spiro atoms. The molecule has 2 atom stereocenters. The van der Waals surface area contributed by atoms with Gasteiger partial charge in [-0.3, -0.25) is 0 Å². The number of hydrogen-bond acceptors (Lipinski definition) is 1. The monoisotopic (exact) mass is 226 g/mol. The van der Waals surface area contributed by atoms with Gasteiger partial charge in [0.15, 0.2) is 11.6 Å². The van der Waals surface area contributed by atoms with E-state index in [2.05, 4.69) is 0 Å². The van der Waals surface area contributed by atoms with Crippen LogP contribution in [0.5, 0.6) is 0 Å². The molecule has 1 aromatic carbocycles. The van der Waals surface area contributed by atoms with Crippen molar-refractivity contribution >= 4 is 0 Å². The standard InChI is InChI=1S/C13H16F2O/c14-11-6-3-5-10(13(11)15)8-9-4-1-2-7-12(9)16/h3,5-6,9,12,16H,1-2,4,7-8H2. The van der Waals surface area contributed by atoms with Gasteiger partial charge in [-0.25, -0.2) is 8.78 Å². The lowest BCUT2D eigenvalue weighted by Gasteiger charge is -2.27. The average molecular weight is 226 g/mol. The van der Waals surface area contributed by atoms with Gasteiger partial charge in [0.1, 0.15) is 0 Å². The van der Waals surface area contributed by atoms with Gasteiger partial charge in [-0.05, 0) is 36.8 Å². The van der Waals surface area contributed by atoms with Crippen LogP contribution in [-0.2, 0) is 6.42 Å². The van der Waals surface area contributed by atoms with Crippen molar-refractivity contribution in [1.82, 2.24) is 0 Å². The molecule has 88 valence electrons. The Morgan fingerprint density at radius 3 is 2.69 bits per heavy atom. The van der Waals surface area contributed by atoms with Crippen LogP contribution in [-0.4, -0.2) is 11.2 Å². The zero-order valence-corrected chi connectivity index (χ0v) is 9.13. The number of halogens is 2. The second-order valence-corrected chi connectivity index (χ2v) is 4.53. The summed E-state index contributed by atoms with van der Waals surface area (Å²) in [5.74, 6) is -1.49. The topological polar surface area (TPSA) is 20.2 Å². The van der Waals surface area contributed by atoms with Gasteiger partial charge in [-0.1, -0.05) is 25.0 Å². The lowest BCUT2D eigenvalue weighted by molar-refractivity contribution is 0.0695. The highest BCUT2D eigenvalue weighted by molar-refractivity contribution is 5.19. The maximum absolute atomic E-state index is 13.4. The molecular formula is C13H16F2O. The first-order valence-corrected chi connectivity index (χ1v) is 5.79. The molecular weight excluding hydrogens is 210 g/mol. The van der Waals surface area contributed by atoms with E-state index < -0.39 is 11.6 Å². The highest BCUT2D eigenvalue weighted by Gasteiger charge is 2.24. The van der Waals surface area contributed by atoms with Crippen molar-refractivity contribution < 1.29 is 13.9 Å². The normalized spacial score (nSPS) is 25.7. The molecule has 1 fully saturated rings. The maximum atomic E-state index is 13.4. The van der Waals surface area contributed by atoms with Crippen LogP contribution in [0.1, 0.15) is 31.2 Å². The van der Waals surface area contributed by atoms with E-state index in [1.165, 1.54) is 6.07 Å². The third kappa shape index (κ3) is 2.40. The third-order valence-electron chi connectivity index (χ3n) is 3.38. The van der Waals surface area contributed by atoms with Gasteiger partial charge in [0, 0.05) is 0 Å². The Hall–Kier alpha value is -0.960. The molecule has 16 heavy (non-hydrogen) atoms. The molecule has 2 unspecified atom stereocenters. The predicted molar refractivity (Wildman–Crippen MR) is 58.0 cm³/mol. The van der Waals surface area contributed by atoms with Crippen molar-refractivity contribution in [2.24, 2.45) is 5.92 Å². The van der Waals surface area contributed by atoms with Crippen molar-refractivity contribution in [3.8, 4) is 0 Å². The second-order valence-electron chi connectivity index (χ2n) is 4.53. The molecule has 0 aromatic heterocycles. The van der Waals surface area contributed by atoms with Crippen LogP contribution in [0.2, 0.25) is 0 Å². The lowest BCUT2D eigenvalue weighted by atomic mass is 9.82. The van der Waals surface area contributed by atoms with Gasteiger partial charge in [-0.2, -0.15) is 0 Å². The SMILES string of the molecule is OC1CCCCC1Cc1cccc(F)c1F. The number of rotatable bonds is 2. The van der Waals surface area contributed by atoms with Crippen molar-refractivity contribution in [2.45, 2.75) is 38.2 Å². The summed E-state index contributed by atoms with van der Waals surface area (Å²) in [4.78, 5) is 0. The van der Waals surface area contributed by atoms with Crippen molar-refractivity contribution in [3.63, 3.8) is 0 Å². The second kappa shape index (κ2) is 4.91. The van der Waals surface area contributed by atoms with Gasteiger partial charge in [-0.15, -0.1) is 0 Å². The van der Waals surface area contributed by atoms with Gasteiger partial charge in [0.05, 0.1) is 6.10 Å². The fourth-order valence-electron chi connectivity index (χ4n) is 2.41. The van der Waals surface area contributed by atoms with Crippen LogP contribution in [0.15, 0.2) is 18.2 Å². The molecule has 1 aromatic rings. The average Bonchev–Trinajstić information content (AvgIpc) is 2.28. The Balaban J connectivity index is 2.10. The van der Waals surface area contributed by atoms with E-state index in [-0.39, 0.29) is 12.0 Å². The zero-order chi connectivity index (χ0) is 11.5. The lowest BCUT2D eigenvalue weighted by Crippen LogP contribution is -2.26. The highest BCUT2D eigenvalue weighted by Crippen LogP contribution is 2.28. The first-order valence-electron chi connectivity index (χ1n) is 5.79. The van der Waals surface area contributed by atoms with Crippen LogP contribution >= 0.6 is 0 Å². The molecule has 1 saturated carbocycles. The van der Waals surface area contributed by atoms with Crippen molar-refractivity contribution in [2.75, 3.05) is 0 Å². The summed E-state index contributed by atoms with van der Waals surface area (Å²) in [6, 6.07) is 4.23. The van der Waals surface area contributed by atoms with Gasteiger partial charge in [0.25, 0.3) is 0 Å². The summed E-state index contributed by atoms with van der Waals surface area (Å²) in [5.41, 5.74) is 0.381. The summed E-state index contributed by atoms with van der Waals surface area (Å²) in [6.45, 7) is 0. The molecule has 3 heteroatoms. The summed E-state index contributed by atoms with van der Waals surface area (Å²) < 4.78 is 26.4. The summed E-state index contributed by atoms with van der Waals surface area (Å²) in [6.07, 6.45) is 3.85. The molecule has 0 saturated heterocycles. The van der Waals surface area contributed by atoms with Gasteiger partial charge < -0.3 is 5.11 Å². The third-order valence-corrected chi connectivity index (χ3v) is 3.38. The Morgan fingerprint density at radius 1 is 1.19 bits per heavy atom. The van der Waals surface area contributed by atoms with Gasteiger partial charge >= 0.3 is 0 Å². The molecule has 0 radical (unpaired) electrons. The zero-order valence-electron chi connectivity index (χ0n) is 9.13. The van der Waals surface area contributed by atoms with Crippen molar-refractivity contribution in [1.29, 1.82) is 0 Å². The summed E-state index contributed by atoms with van der Waals surface area (Å²) >= 11 is 0. The number of aliphatic hydroxyl groups excluding tert-OH is 1. The Labute approximate surface area is 94.1 Å². The minimum absolute atomic E-state index is 0.0741. The van der Waals surface area contributed by atoms with Crippen LogP contribution < -0.4 is 0 Å². The van der Waals surface area contributed by atoms with E-state index in [9.17, 15) is 13.9 Å². The van der Waals surface area contributed by atoms with Gasteiger partial charge in [0.2, 0.25) is 0 Å². The van der Waals surface area contributed by atoms with E-state index >= 15 is 0 Å². The maximum Gasteiger partial charge on any atom is 0.162 e. The molecule has 1 aliphatic carbocycles. The Morgan fingerprint density at radius 2 is 1.94 bits per heavy atom. The molecule has 1 nitrogen and oxygen atoms in total. The fourth-order valence-corrected chi connectivity index (χ4v) is 2.41. The largest absolute Gasteiger partial charge is 0.393 e. The van der Waals surface area contributed by atoms with Crippen LogP contribution in [0, 0.1) is 17.6 Å². The predicted octanol–water partition coefficient (Wildman–Crippen LogP) is 3.06. The quantitative estimate of drug-likeness (QED) is 0.821. The number of hydrogen-bond donors (Lipinski definition) is 1. The Kier molecular flexibility index (Phi) is 3.54. The van der Waals surface area contributed by atoms with Crippen molar-refractivity contribution in [3.05, 3.63) is 35.4 Å². The van der Waals surface area contributed by atoms with E-state index in [0.29, 0.717) is 12.0 Å². The molecule has 0 amide bonds. The van der Waals surface area contributed by atoms with Crippen LogP contribution in [0.4, 0.5) is 8.78 Å². The van der Waals surface area contributed by atoms with Crippen LogP contribution in [0.3, 0.4) is 0 Å². The number of benzene rings is 1. The van der Waals surface area contributed by atoms with E-state index in [1.54, 1.807) is 6.07 Å². The van der Waals surface area contributed by atoms with E-state index in [1.807, 2.05) is 0 Å². The molecule has 1 N–H and O–H groups in total. The van der Waals surface area contributed by atoms with E-state index in [0.717, 1.165) is 31.7 Å². The minimum atomic E-state index is -0.803. The molecule has 0 bridgehead atoms. The van der Waals surface area contributed by atoms with Crippen LogP contribution in [0.25, 0.3) is 0 Å². The highest BCUT2D eigenvalue weighted by atomic mass is 19.2. The first-order chi connectivity index (χ1) is 7.68.